The van der Waals surface area contributed by atoms with Crippen molar-refractivity contribution in [1.29, 1.82) is 0 Å². The van der Waals surface area contributed by atoms with Gasteiger partial charge < -0.3 is 4.74 Å². The van der Waals surface area contributed by atoms with Crippen LogP contribution in [0.3, 0.4) is 0 Å². The number of likely N-dealkylation sites (tertiary alicyclic amines) is 1. The highest BCUT2D eigenvalue weighted by atomic mass is 32.1. The molecule has 8 nitrogen and oxygen atoms in total. The summed E-state index contributed by atoms with van der Waals surface area (Å²) in [6, 6.07) is 2.18. The molecule has 0 radical (unpaired) electrons. The number of nitrogens with one attached hydrogen (secondary N) is 1. The Kier molecular flexibility index (Phi) is 6.24. The highest BCUT2D eigenvalue weighted by Crippen LogP contribution is 2.18. The van der Waals surface area contributed by atoms with Crippen LogP contribution >= 0.6 is 11.3 Å². The predicted molar refractivity (Wildman–Crippen MR) is 94.7 cm³/mol. The maximum absolute atomic E-state index is 12.2. The minimum atomic E-state index is -0.0510. The summed E-state index contributed by atoms with van der Waals surface area (Å²) < 4.78 is 5.76. The van der Waals surface area contributed by atoms with Gasteiger partial charge in [0.05, 0.1) is 6.54 Å². The van der Waals surface area contributed by atoms with E-state index in [0.717, 1.165) is 43.8 Å². The molecule has 0 spiro atoms. The third kappa shape index (κ3) is 5.43. The number of aromatic nitrogens is 4. The maximum Gasteiger partial charge on any atom is 0.316 e. The van der Waals surface area contributed by atoms with Gasteiger partial charge in [-0.3, -0.25) is 15.0 Å². The van der Waals surface area contributed by atoms with Crippen LogP contribution in [0.4, 0.5) is 5.13 Å². The number of carbonyl (C=O) groups excluding carboxylic acids is 1. The van der Waals surface area contributed by atoms with Crippen molar-refractivity contribution in [3.05, 3.63) is 23.5 Å². The van der Waals surface area contributed by atoms with Gasteiger partial charge in [-0.15, -0.1) is 10.2 Å². The molecular formula is C16H22N6O2S. The Morgan fingerprint density at radius 2 is 2.08 bits per heavy atom. The summed E-state index contributed by atoms with van der Waals surface area (Å²) in [6.45, 7) is 4.07. The minimum absolute atomic E-state index is 0.0510. The summed E-state index contributed by atoms with van der Waals surface area (Å²) in [5.41, 5.74) is 0. The quantitative estimate of drug-likeness (QED) is 0.802. The number of aryl methyl sites for hydroxylation is 1. The number of carbonyl (C=O) groups is 1. The fourth-order valence-electron chi connectivity index (χ4n) is 2.66. The van der Waals surface area contributed by atoms with Gasteiger partial charge in [-0.05, 0) is 25.3 Å². The summed E-state index contributed by atoms with van der Waals surface area (Å²) in [5, 5.41) is 12.4. The lowest BCUT2D eigenvalue weighted by atomic mass is 10.1. The minimum Gasteiger partial charge on any atom is -0.460 e. The molecule has 9 heteroatoms. The molecule has 2 aromatic rings. The zero-order valence-electron chi connectivity index (χ0n) is 14.2. The average molecular weight is 362 g/mol. The molecule has 0 unspecified atom stereocenters. The lowest BCUT2D eigenvalue weighted by Gasteiger charge is -2.30. The van der Waals surface area contributed by atoms with Gasteiger partial charge in [-0.1, -0.05) is 18.3 Å². The molecule has 1 amide bonds. The van der Waals surface area contributed by atoms with Gasteiger partial charge >= 0.3 is 6.01 Å². The van der Waals surface area contributed by atoms with E-state index in [9.17, 15) is 4.79 Å². The van der Waals surface area contributed by atoms with E-state index >= 15 is 0 Å². The van der Waals surface area contributed by atoms with E-state index < -0.39 is 0 Å². The first kappa shape index (κ1) is 17.7. The molecular weight excluding hydrogens is 340 g/mol. The van der Waals surface area contributed by atoms with Crippen molar-refractivity contribution >= 4 is 22.4 Å². The van der Waals surface area contributed by atoms with Crippen molar-refractivity contribution in [2.45, 2.75) is 38.7 Å². The van der Waals surface area contributed by atoms with Gasteiger partial charge in [-0.25, -0.2) is 9.97 Å². The highest BCUT2D eigenvalue weighted by Gasteiger charge is 2.23. The largest absolute Gasteiger partial charge is 0.460 e. The van der Waals surface area contributed by atoms with Gasteiger partial charge in [-0.2, -0.15) is 0 Å². The van der Waals surface area contributed by atoms with Crippen molar-refractivity contribution in [2.75, 3.05) is 25.0 Å². The Morgan fingerprint density at radius 1 is 1.32 bits per heavy atom. The van der Waals surface area contributed by atoms with Crippen molar-refractivity contribution in [3.63, 3.8) is 0 Å². The molecule has 1 aliphatic rings. The molecule has 3 rings (SSSR count). The molecule has 134 valence electrons. The summed E-state index contributed by atoms with van der Waals surface area (Å²) in [6.07, 6.45) is 7.06. The van der Waals surface area contributed by atoms with Crippen LogP contribution in [0.1, 0.15) is 31.2 Å². The molecule has 1 aliphatic heterocycles. The number of piperidine rings is 1. The average Bonchev–Trinajstić information content (AvgIpc) is 3.05. The molecule has 3 heterocycles. The van der Waals surface area contributed by atoms with Gasteiger partial charge in [0.2, 0.25) is 11.0 Å². The number of nitrogens with zero attached hydrogens (tertiary/aromatic N) is 5. The highest BCUT2D eigenvalue weighted by molar-refractivity contribution is 7.15. The molecule has 0 bridgehead atoms. The van der Waals surface area contributed by atoms with E-state index in [0.29, 0.717) is 17.7 Å². The molecule has 1 saturated heterocycles. The van der Waals surface area contributed by atoms with Crippen molar-refractivity contribution < 1.29 is 9.53 Å². The van der Waals surface area contributed by atoms with E-state index in [1.54, 1.807) is 18.5 Å². The summed E-state index contributed by atoms with van der Waals surface area (Å²) in [4.78, 5) is 22.4. The van der Waals surface area contributed by atoms with E-state index in [1.807, 2.05) is 0 Å². The summed E-state index contributed by atoms with van der Waals surface area (Å²) >= 11 is 1.44. The molecule has 2 aromatic heterocycles. The third-order valence-electron chi connectivity index (χ3n) is 3.89. The predicted octanol–water partition coefficient (Wildman–Crippen LogP) is 1.76. The molecule has 0 atom stereocenters. The second kappa shape index (κ2) is 8.82. The zero-order chi connectivity index (χ0) is 17.5. The Labute approximate surface area is 150 Å². The van der Waals surface area contributed by atoms with E-state index in [-0.39, 0.29) is 12.0 Å². The number of ether oxygens (including phenoxy) is 1. The van der Waals surface area contributed by atoms with E-state index in [1.165, 1.54) is 11.3 Å². The second-order valence-electron chi connectivity index (χ2n) is 5.92. The standard InChI is InChI=1S/C16H22N6O2S/c1-2-4-14-20-21-16(25-14)19-13(23)11-22-9-5-12(6-10-22)24-15-17-7-3-8-18-15/h3,7-8,12H,2,4-6,9-11H2,1H3,(H,19,21,23). The smallest absolute Gasteiger partial charge is 0.316 e. The fraction of sp³-hybridized carbons (Fsp3) is 0.562. The van der Waals surface area contributed by atoms with Crippen molar-refractivity contribution in [1.82, 2.24) is 25.1 Å². The Bertz CT molecular complexity index is 672. The number of rotatable bonds is 7. The van der Waals surface area contributed by atoms with Crippen LogP contribution < -0.4 is 10.1 Å². The van der Waals surface area contributed by atoms with Gasteiger partial charge in [0.15, 0.2) is 0 Å². The number of anilines is 1. The van der Waals surface area contributed by atoms with Crippen LogP contribution in [0.2, 0.25) is 0 Å². The van der Waals surface area contributed by atoms with E-state index in [2.05, 4.69) is 37.3 Å². The maximum atomic E-state index is 12.2. The van der Waals surface area contributed by atoms with Crippen LogP contribution in [0.15, 0.2) is 18.5 Å². The lowest BCUT2D eigenvalue weighted by molar-refractivity contribution is -0.117. The second-order valence-corrected chi connectivity index (χ2v) is 6.99. The molecule has 25 heavy (non-hydrogen) atoms. The Balaban J connectivity index is 1.40. The number of amides is 1. The lowest BCUT2D eigenvalue weighted by Crippen LogP contribution is -2.42. The first-order valence-corrected chi connectivity index (χ1v) is 9.33. The first-order chi connectivity index (χ1) is 12.2. The first-order valence-electron chi connectivity index (χ1n) is 8.51. The molecule has 0 saturated carbocycles. The van der Waals surface area contributed by atoms with Gasteiger partial charge in [0, 0.05) is 31.9 Å². The van der Waals surface area contributed by atoms with Crippen LogP contribution in [0, 0.1) is 0 Å². The Hall–Kier alpha value is -2.13. The zero-order valence-corrected chi connectivity index (χ0v) is 15.0. The molecule has 0 aliphatic carbocycles. The van der Waals surface area contributed by atoms with Crippen molar-refractivity contribution in [3.8, 4) is 6.01 Å². The summed E-state index contributed by atoms with van der Waals surface area (Å²) in [7, 11) is 0. The molecule has 1 N–H and O–H groups in total. The molecule has 0 aromatic carbocycles. The van der Waals surface area contributed by atoms with E-state index in [4.69, 9.17) is 4.74 Å². The van der Waals surface area contributed by atoms with Crippen LogP contribution in [-0.2, 0) is 11.2 Å². The van der Waals surface area contributed by atoms with Crippen LogP contribution in [0.5, 0.6) is 6.01 Å². The number of hydrogen-bond acceptors (Lipinski definition) is 8. The normalized spacial score (nSPS) is 15.9. The monoisotopic (exact) mass is 362 g/mol. The molecule has 1 fully saturated rings. The third-order valence-corrected chi connectivity index (χ3v) is 4.79. The summed E-state index contributed by atoms with van der Waals surface area (Å²) in [5.74, 6) is -0.0510. The van der Waals surface area contributed by atoms with Crippen LogP contribution in [0.25, 0.3) is 0 Å². The van der Waals surface area contributed by atoms with Crippen molar-refractivity contribution in [2.24, 2.45) is 0 Å². The Morgan fingerprint density at radius 3 is 2.80 bits per heavy atom. The number of hydrogen-bond donors (Lipinski definition) is 1. The SMILES string of the molecule is CCCc1nnc(NC(=O)CN2CCC(Oc3ncccn3)CC2)s1. The van der Waals surface area contributed by atoms with Crippen LogP contribution in [-0.4, -0.2) is 56.7 Å². The van der Waals surface area contributed by atoms with Gasteiger partial charge in [0.25, 0.3) is 0 Å². The van der Waals surface area contributed by atoms with Gasteiger partial charge in [0.1, 0.15) is 11.1 Å². The topological polar surface area (TPSA) is 93.1 Å². The fourth-order valence-corrected chi connectivity index (χ4v) is 3.52.